The van der Waals surface area contributed by atoms with Crippen molar-refractivity contribution < 1.29 is 33.4 Å². The lowest BCUT2D eigenvalue weighted by molar-refractivity contribution is -0.210. The molecule has 3 rings (SSSR count). The minimum Gasteiger partial charge on any atom is -0.457 e. The second-order valence-corrected chi connectivity index (χ2v) is 11.4. The highest BCUT2D eigenvalue weighted by molar-refractivity contribution is 5.82. The van der Waals surface area contributed by atoms with E-state index in [1.165, 1.54) is 21.0 Å². The topological polar surface area (TPSA) is 132 Å². The van der Waals surface area contributed by atoms with Gasteiger partial charge in [0.25, 0.3) is 5.91 Å². The van der Waals surface area contributed by atoms with Crippen molar-refractivity contribution >= 4 is 23.7 Å². The van der Waals surface area contributed by atoms with Gasteiger partial charge in [-0.15, -0.1) is 0 Å². The average molecular weight is 550 g/mol. The van der Waals surface area contributed by atoms with E-state index < -0.39 is 36.4 Å². The second kappa shape index (κ2) is 14.3. The van der Waals surface area contributed by atoms with E-state index >= 15 is 0 Å². The molecule has 1 saturated heterocycles. The third-order valence-electron chi connectivity index (χ3n) is 8.76. The quantitative estimate of drug-likeness (QED) is 0.266. The summed E-state index contributed by atoms with van der Waals surface area (Å²) in [6, 6.07) is -0.632. The Morgan fingerprint density at radius 2 is 1.77 bits per heavy atom. The Balaban J connectivity index is 1.66. The molecule has 220 valence electrons. The Kier molecular flexibility index (Phi) is 11.4. The maximum Gasteiger partial charge on any atom is 0.303 e. The highest BCUT2D eigenvalue weighted by atomic mass is 16.6. The van der Waals surface area contributed by atoms with Gasteiger partial charge in [-0.25, -0.2) is 0 Å². The first-order valence-electron chi connectivity index (χ1n) is 14.4. The molecule has 0 bridgehead atoms. The molecule has 0 aromatic carbocycles. The minimum absolute atomic E-state index is 0.0879. The first-order valence-corrected chi connectivity index (χ1v) is 14.4. The number of hydrogen-bond acceptors (Lipinski definition) is 7. The number of carbonyl (C=O) groups is 4. The normalized spacial score (nSPS) is 35.5. The van der Waals surface area contributed by atoms with Crippen molar-refractivity contribution in [3.8, 4) is 0 Å². The van der Waals surface area contributed by atoms with E-state index in [0.29, 0.717) is 43.1 Å². The van der Waals surface area contributed by atoms with Crippen molar-refractivity contribution in [2.75, 3.05) is 20.7 Å². The van der Waals surface area contributed by atoms with Crippen LogP contribution in [0.4, 0.5) is 0 Å². The van der Waals surface area contributed by atoms with Gasteiger partial charge in [0.05, 0.1) is 12.1 Å². The number of esters is 1. The summed E-state index contributed by atoms with van der Waals surface area (Å²) in [5, 5.41) is 8.61. The summed E-state index contributed by atoms with van der Waals surface area (Å²) in [7, 11) is 3.12. The smallest absolute Gasteiger partial charge is 0.303 e. The van der Waals surface area contributed by atoms with E-state index in [1.54, 1.807) is 7.05 Å². The van der Waals surface area contributed by atoms with Crippen LogP contribution < -0.4 is 16.0 Å². The van der Waals surface area contributed by atoms with E-state index in [9.17, 15) is 19.2 Å². The largest absolute Gasteiger partial charge is 0.457 e. The van der Waals surface area contributed by atoms with Crippen molar-refractivity contribution in [2.45, 2.75) is 96.7 Å². The number of hydrogen-bond donors (Lipinski definition) is 3. The Morgan fingerprint density at radius 3 is 2.38 bits per heavy atom. The molecule has 2 aliphatic carbocycles. The van der Waals surface area contributed by atoms with Crippen LogP contribution in [0.2, 0.25) is 0 Å². The maximum atomic E-state index is 13.5. The molecular formula is C29H47N3O7. The lowest BCUT2D eigenvalue weighted by Crippen LogP contribution is -2.67. The fourth-order valence-corrected chi connectivity index (χ4v) is 6.87. The zero-order chi connectivity index (χ0) is 28.7. The average Bonchev–Trinajstić information content (AvgIpc) is 3.33. The van der Waals surface area contributed by atoms with Gasteiger partial charge in [-0.2, -0.15) is 0 Å². The fraction of sp³-hybridized carbons (Fsp3) is 0.793. The molecule has 3 N–H and O–H groups in total. The molecular weight excluding hydrogens is 502 g/mol. The number of amides is 3. The van der Waals surface area contributed by atoms with Crippen LogP contribution in [-0.4, -0.2) is 74.9 Å². The van der Waals surface area contributed by atoms with Gasteiger partial charge in [0, 0.05) is 41.0 Å². The van der Waals surface area contributed by atoms with Gasteiger partial charge in [-0.3, -0.25) is 19.2 Å². The van der Waals surface area contributed by atoms with Crippen LogP contribution in [0.25, 0.3) is 0 Å². The number of fused-ring (bicyclic) bond motifs is 1. The molecule has 1 aliphatic heterocycles. The Labute approximate surface area is 232 Å². The van der Waals surface area contributed by atoms with Gasteiger partial charge in [0.1, 0.15) is 6.10 Å². The van der Waals surface area contributed by atoms with Crippen LogP contribution in [0.15, 0.2) is 12.2 Å². The Bertz CT molecular complexity index is 909. The number of ether oxygens (including phenoxy) is 3. The number of rotatable bonds is 11. The Hall–Kier alpha value is -2.46. The molecule has 0 aromatic rings. The predicted octanol–water partition coefficient (Wildman–Crippen LogP) is 2.11. The summed E-state index contributed by atoms with van der Waals surface area (Å²) in [6.07, 6.45) is 6.51. The molecule has 8 unspecified atom stereocenters. The van der Waals surface area contributed by atoms with Crippen molar-refractivity contribution in [1.29, 1.82) is 0 Å². The number of nitrogens with one attached hydrogen (secondary N) is 3. The molecule has 1 heterocycles. The van der Waals surface area contributed by atoms with Gasteiger partial charge < -0.3 is 30.2 Å². The molecule has 0 radical (unpaired) electrons. The summed E-state index contributed by atoms with van der Waals surface area (Å²) in [4.78, 5) is 48.9. The van der Waals surface area contributed by atoms with Gasteiger partial charge in [-0.1, -0.05) is 26.0 Å². The molecule has 3 amide bonds. The Morgan fingerprint density at radius 1 is 1.05 bits per heavy atom. The summed E-state index contributed by atoms with van der Waals surface area (Å²) in [5.74, 6) is 1.30. The third-order valence-corrected chi connectivity index (χ3v) is 8.76. The monoisotopic (exact) mass is 549 g/mol. The predicted molar refractivity (Wildman–Crippen MR) is 145 cm³/mol. The SMILES string of the molecule is CC[C@@H]1OC(C(=O)NCC2C=CC(C)C3CC(CCCC(=O)NC)CC23)C(OC)[C@H](OC(C)=O)C1NC(C)=O. The van der Waals surface area contributed by atoms with Gasteiger partial charge in [-0.05, 0) is 61.7 Å². The van der Waals surface area contributed by atoms with Gasteiger partial charge in [0.15, 0.2) is 12.2 Å². The van der Waals surface area contributed by atoms with Crippen LogP contribution in [0, 0.1) is 29.6 Å². The van der Waals surface area contributed by atoms with Crippen molar-refractivity contribution in [1.82, 2.24) is 16.0 Å². The zero-order valence-electron chi connectivity index (χ0n) is 24.2. The van der Waals surface area contributed by atoms with E-state index in [-0.39, 0.29) is 23.6 Å². The summed E-state index contributed by atoms with van der Waals surface area (Å²) >= 11 is 0. The lowest BCUT2D eigenvalue weighted by atomic mass is 9.73. The van der Waals surface area contributed by atoms with Crippen molar-refractivity contribution in [3.63, 3.8) is 0 Å². The fourth-order valence-electron chi connectivity index (χ4n) is 6.87. The number of carbonyl (C=O) groups excluding carboxylic acids is 4. The minimum atomic E-state index is -0.988. The third kappa shape index (κ3) is 7.81. The van der Waals surface area contributed by atoms with E-state index in [1.807, 2.05) is 6.92 Å². The second-order valence-electron chi connectivity index (χ2n) is 11.4. The number of methoxy groups -OCH3 is 1. The molecule has 2 fully saturated rings. The van der Waals surface area contributed by atoms with Crippen molar-refractivity contribution in [2.24, 2.45) is 29.6 Å². The highest BCUT2D eigenvalue weighted by Crippen LogP contribution is 2.49. The first kappa shape index (κ1) is 31.1. The highest BCUT2D eigenvalue weighted by Gasteiger charge is 2.51. The first-order chi connectivity index (χ1) is 18.6. The molecule has 0 aromatic heterocycles. The molecule has 10 nitrogen and oxygen atoms in total. The molecule has 10 atom stereocenters. The van der Waals surface area contributed by atoms with Crippen molar-refractivity contribution in [3.05, 3.63) is 12.2 Å². The molecule has 39 heavy (non-hydrogen) atoms. The summed E-state index contributed by atoms with van der Waals surface area (Å²) in [6.45, 7) is 7.32. The molecule has 0 spiro atoms. The maximum absolute atomic E-state index is 13.5. The molecule has 1 saturated carbocycles. The standard InChI is InChI=1S/C29H47N3O7/c1-7-23-25(32-17(3)33)26(38-18(4)34)27(37-6)28(39-23)29(36)31-15-20-12-11-16(2)21-13-19(14-22(20)21)9-8-10-24(35)30-5/h11-12,16,19-23,25-28H,7-10,13-15H2,1-6H3,(H,30,35)(H,31,36)(H,32,33)/t16?,19?,20?,21?,22?,23-,25?,26+,27?,28?/m0/s1. The molecule has 3 aliphatic rings. The zero-order valence-corrected chi connectivity index (χ0v) is 24.2. The lowest BCUT2D eigenvalue weighted by Gasteiger charge is -2.45. The van der Waals surface area contributed by atoms with Crippen LogP contribution in [0.3, 0.4) is 0 Å². The van der Waals surface area contributed by atoms with E-state index in [0.717, 1.165) is 25.7 Å². The van der Waals surface area contributed by atoms with Gasteiger partial charge >= 0.3 is 5.97 Å². The van der Waals surface area contributed by atoms with E-state index in [2.05, 4.69) is 35.0 Å². The summed E-state index contributed by atoms with van der Waals surface area (Å²) in [5.41, 5.74) is 0. The number of allylic oxidation sites excluding steroid dienone is 1. The van der Waals surface area contributed by atoms with E-state index in [4.69, 9.17) is 14.2 Å². The van der Waals surface area contributed by atoms with Crippen LogP contribution in [0.5, 0.6) is 0 Å². The summed E-state index contributed by atoms with van der Waals surface area (Å²) < 4.78 is 17.4. The van der Waals surface area contributed by atoms with Crippen LogP contribution >= 0.6 is 0 Å². The van der Waals surface area contributed by atoms with Crippen LogP contribution in [0.1, 0.15) is 66.2 Å². The molecule has 10 heteroatoms. The van der Waals surface area contributed by atoms with Crippen LogP contribution in [-0.2, 0) is 33.4 Å². The van der Waals surface area contributed by atoms with Gasteiger partial charge in [0.2, 0.25) is 11.8 Å².